The minimum absolute atomic E-state index is 0.0915. The molecular weight excluding hydrogens is 472 g/mol. The molecule has 0 bridgehead atoms. The second-order valence-corrected chi connectivity index (χ2v) is 9.02. The number of hydrogen-bond donors (Lipinski definition) is 0. The summed E-state index contributed by atoms with van der Waals surface area (Å²) in [5.74, 6) is -3.97. The molecule has 2 aliphatic rings. The minimum Gasteiger partial charge on any atom is -0.292 e. The largest absolute Gasteiger partial charge is 0.292 e. The van der Waals surface area contributed by atoms with Gasteiger partial charge in [-0.15, -0.1) is 0 Å². The molecule has 0 unspecified atom stereocenters. The van der Waals surface area contributed by atoms with Crippen molar-refractivity contribution in [2.75, 3.05) is 6.54 Å². The summed E-state index contributed by atoms with van der Waals surface area (Å²) in [6, 6.07) is 9.59. The van der Waals surface area contributed by atoms with Gasteiger partial charge in [0.25, 0.3) is 29.1 Å². The fraction of sp³-hybridized carbons (Fsp3) is 0.333. The van der Waals surface area contributed by atoms with Crippen LogP contribution in [0.15, 0.2) is 48.5 Å². The monoisotopic (exact) mass is 494 g/mol. The number of ketones is 1. The summed E-state index contributed by atoms with van der Waals surface area (Å²) in [6.45, 7) is 1.20. The summed E-state index contributed by atoms with van der Waals surface area (Å²) < 4.78 is 0. The third-order valence-corrected chi connectivity index (χ3v) is 6.62. The van der Waals surface area contributed by atoms with Crippen LogP contribution in [-0.4, -0.2) is 49.9 Å². The molecule has 3 atom stereocenters. The average molecular weight is 494 g/mol. The molecule has 12 heteroatoms. The molecule has 0 N–H and O–H groups in total. The zero-order valence-electron chi connectivity index (χ0n) is 19.2. The van der Waals surface area contributed by atoms with Gasteiger partial charge in [-0.2, -0.15) is 5.01 Å². The summed E-state index contributed by atoms with van der Waals surface area (Å²) >= 11 is 0. The Morgan fingerprint density at radius 1 is 0.917 bits per heavy atom. The van der Waals surface area contributed by atoms with Crippen molar-refractivity contribution in [3.05, 3.63) is 79.9 Å². The highest BCUT2D eigenvalue weighted by molar-refractivity contribution is 6.09. The van der Waals surface area contributed by atoms with Crippen LogP contribution in [0.4, 0.5) is 11.4 Å². The van der Waals surface area contributed by atoms with Crippen LogP contribution in [0.2, 0.25) is 0 Å². The highest BCUT2D eigenvalue weighted by atomic mass is 16.6. The summed E-state index contributed by atoms with van der Waals surface area (Å²) in [6.07, 6.45) is 1.66. The second-order valence-electron chi connectivity index (χ2n) is 9.02. The summed E-state index contributed by atoms with van der Waals surface area (Å²) in [5, 5.41) is 23.7. The van der Waals surface area contributed by atoms with Gasteiger partial charge in [-0.25, -0.2) is 5.01 Å². The maximum Gasteiger partial charge on any atom is 0.273 e. The molecule has 2 aromatic carbocycles. The van der Waals surface area contributed by atoms with E-state index in [4.69, 9.17) is 0 Å². The van der Waals surface area contributed by atoms with Gasteiger partial charge in [-0.3, -0.25) is 39.4 Å². The fourth-order valence-electron chi connectivity index (χ4n) is 4.77. The van der Waals surface area contributed by atoms with E-state index in [0.29, 0.717) is 22.9 Å². The topological polar surface area (TPSA) is 161 Å². The molecule has 0 aromatic heterocycles. The van der Waals surface area contributed by atoms with E-state index >= 15 is 0 Å². The first-order valence-corrected chi connectivity index (χ1v) is 11.3. The number of imide groups is 1. The van der Waals surface area contributed by atoms with Crippen molar-refractivity contribution >= 4 is 34.9 Å². The number of nitro benzene ring substituents is 2. The Kier molecular flexibility index (Phi) is 6.60. The Bertz CT molecular complexity index is 1290. The first-order valence-electron chi connectivity index (χ1n) is 11.3. The van der Waals surface area contributed by atoms with Crippen molar-refractivity contribution in [1.29, 1.82) is 0 Å². The molecule has 1 saturated heterocycles. The number of Topliss-reactive ketones (excluding diaryl/α,β-unsaturated/α-hetero) is 1. The zero-order chi connectivity index (χ0) is 26.1. The van der Waals surface area contributed by atoms with Crippen molar-refractivity contribution < 1.29 is 29.0 Å². The van der Waals surface area contributed by atoms with Crippen molar-refractivity contribution in [2.45, 2.75) is 26.2 Å². The third-order valence-electron chi connectivity index (χ3n) is 6.62. The van der Waals surface area contributed by atoms with Gasteiger partial charge in [0.2, 0.25) is 0 Å². The molecule has 3 amide bonds. The number of carbonyl (C=O) groups is 4. The van der Waals surface area contributed by atoms with E-state index in [1.165, 1.54) is 36.4 Å². The number of hydrogen-bond acceptors (Lipinski definition) is 8. The molecule has 4 rings (SSSR count). The second kappa shape index (κ2) is 9.64. The van der Waals surface area contributed by atoms with Crippen LogP contribution in [-0.2, 0) is 9.59 Å². The smallest absolute Gasteiger partial charge is 0.273 e. The maximum atomic E-state index is 13.5. The van der Waals surface area contributed by atoms with E-state index in [0.717, 1.165) is 18.6 Å². The molecule has 1 saturated carbocycles. The average Bonchev–Trinajstić information content (AvgIpc) is 3.11. The van der Waals surface area contributed by atoms with Crippen LogP contribution in [0.25, 0.3) is 0 Å². The van der Waals surface area contributed by atoms with E-state index in [2.05, 4.69) is 0 Å². The van der Waals surface area contributed by atoms with Crippen molar-refractivity contribution in [2.24, 2.45) is 17.8 Å². The lowest BCUT2D eigenvalue weighted by Gasteiger charge is -2.30. The number of benzene rings is 2. The first-order chi connectivity index (χ1) is 17.1. The number of rotatable bonds is 7. The van der Waals surface area contributed by atoms with Crippen LogP contribution < -0.4 is 0 Å². The number of nitrogens with zero attached hydrogens (tertiary/aromatic N) is 4. The number of non-ortho nitro benzene ring substituents is 2. The number of amides is 3. The van der Waals surface area contributed by atoms with E-state index in [9.17, 15) is 39.4 Å². The molecule has 12 nitrogen and oxygen atoms in total. The highest BCUT2D eigenvalue weighted by Gasteiger charge is 2.52. The Morgan fingerprint density at radius 3 is 2.08 bits per heavy atom. The van der Waals surface area contributed by atoms with Crippen LogP contribution >= 0.6 is 0 Å². The molecule has 0 spiro atoms. The number of fused-ring (bicyclic) bond motifs is 1. The van der Waals surface area contributed by atoms with Gasteiger partial charge in [-0.1, -0.05) is 25.1 Å². The highest BCUT2D eigenvalue weighted by Crippen LogP contribution is 2.41. The number of carbonyl (C=O) groups excluding carboxylic acids is 4. The van der Waals surface area contributed by atoms with Gasteiger partial charge in [0, 0.05) is 35.4 Å². The zero-order valence-corrected chi connectivity index (χ0v) is 19.2. The summed E-state index contributed by atoms with van der Waals surface area (Å²) in [5.41, 5.74) is -1.01. The van der Waals surface area contributed by atoms with Gasteiger partial charge in [-0.05, 0) is 31.2 Å². The Balaban J connectivity index is 1.72. The molecular formula is C24H22N4O8. The quantitative estimate of drug-likeness (QED) is 0.245. The minimum atomic E-state index is -0.953. The van der Waals surface area contributed by atoms with Gasteiger partial charge < -0.3 is 0 Å². The summed E-state index contributed by atoms with van der Waals surface area (Å²) in [4.78, 5) is 74.2. The number of nitro groups is 2. The molecule has 2 aromatic rings. The molecule has 36 heavy (non-hydrogen) atoms. The van der Waals surface area contributed by atoms with E-state index < -0.39 is 51.7 Å². The Morgan fingerprint density at radius 2 is 1.47 bits per heavy atom. The Hall–Kier alpha value is -4.48. The van der Waals surface area contributed by atoms with E-state index in [1.807, 2.05) is 6.92 Å². The molecule has 1 heterocycles. The van der Waals surface area contributed by atoms with Crippen LogP contribution in [0.1, 0.15) is 46.9 Å². The predicted molar refractivity (Wildman–Crippen MR) is 123 cm³/mol. The summed E-state index contributed by atoms with van der Waals surface area (Å²) in [7, 11) is 0. The Labute approximate surface area is 204 Å². The molecule has 2 fully saturated rings. The van der Waals surface area contributed by atoms with Crippen molar-refractivity contribution in [3.63, 3.8) is 0 Å². The standard InChI is InChI=1S/C24H22N4O8/c1-14-8-9-19-20(10-14)24(32)26(23(19)31)25(22(30)16-5-3-7-18(12-16)28(35)36)13-21(29)15-4-2-6-17(11-15)27(33)34/h2-7,11-12,14,19-20H,8-10,13H2,1H3/t14-,19-,20-/m1/s1. The fourth-order valence-corrected chi connectivity index (χ4v) is 4.77. The van der Waals surface area contributed by atoms with Crippen molar-refractivity contribution in [1.82, 2.24) is 10.0 Å². The van der Waals surface area contributed by atoms with Gasteiger partial charge in [0.15, 0.2) is 5.78 Å². The number of hydrazine groups is 1. The van der Waals surface area contributed by atoms with Crippen LogP contribution in [0.5, 0.6) is 0 Å². The van der Waals surface area contributed by atoms with E-state index in [1.54, 1.807) is 0 Å². The van der Waals surface area contributed by atoms with Crippen LogP contribution in [0, 0.1) is 38.0 Å². The van der Waals surface area contributed by atoms with Gasteiger partial charge in [0.1, 0.15) is 6.54 Å². The lowest BCUT2D eigenvalue weighted by molar-refractivity contribution is -0.385. The molecule has 1 aliphatic carbocycles. The normalized spacial score (nSPS) is 21.1. The van der Waals surface area contributed by atoms with Gasteiger partial charge >= 0.3 is 0 Å². The third kappa shape index (κ3) is 4.57. The maximum absolute atomic E-state index is 13.5. The molecule has 0 radical (unpaired) electrons. The lowest BCUT2D eigenvalue weighted by Crippen LogP contribution is -2.52. The van der Waals surface area contributed by atoms with Gasteiger partial charge in [0.05, 0.1) is 21.7 Å². The van der Waals surface area contributed by atoms with Crippen molar-refractivity contribution in [3.8, 4) is 0 Å². The SMILES string of the molecule is C[C@@H]1CC[C@H]2C(=O)N(N(CC(=O)c3cccc([N+](=O)[O-])c3)C(=O)c3cccc([N+](=O)[O-])c3)C(=O)[C@@H]2C1. The molecule has 1 aliphatic heterocycles. The van der Waals surface area contributed by atoms with Crippen LogP contribution in [0.3, 0.4) is 0 Å². The lowest BCUT2D eigenvalue weighted by atomic mass is 9.76. The molecule has 186 valence electrons. The van der Waals surface area contributed by atoms with E-state index in [-0.39, 0.29) is 28.4 Å². The predicted octanol–water partition coefficient (Wildman–Crippen LogP) is 3.16. The first kappa shape index (κ1) is 24.6.